The van der Waals surface area contributed by atoms with Crippen molar-refractivity contribution < 1.29 is 34.2 Å². The maximum absolute atomic E-state index is 13.0. The van der Waals surface area contributed by atoms with Crippen molar-refractivity contribution in [3.63, 3.8) is 0 Å². The van der Waals surface area contributed by atoms with E-state index in [0.717, 1.165) is 16.5 Å². The van der Waals surface area contributed by atoms with Crippen molar-refractivity contribution in [2.75, 3.05) is 12.0 Å². The van der Waals surface area contributed by atoms with Crippen molar-refractivity contribution >= 4 is 52.3 Å². The summed E-state index contributed by atoms with van der Waals surface area (Å²) in [6.07, 6.45) is 3.10. The third-order valence-electron chi connectivity index (χ3n) is 5.94. The highest BCUT2D eigenvalue weighted by Gasteiger charge is 2.32. The van der Waals surface area contributed by atoms with Crippen molar-refractivity contribution in [3.05, 3.63) is 36.0 Å². The van der Waals surface area contributed by atoms with Gasteiger partial charge in [0.1, 0.15) is 18.1 Å². The van der Waals surface area contributed by atoms with E-state index in [1.165, 1.54) is 11.8 Å². The molecule has 8 N–H and O–H groups in total. The summed E-state index contributed by atoms with van der Waals surface area (Å²) >= 11 is 1.41. The van der Waals surface area contributed by atoms with E-state index in [1.807, 2.05) is 24.3 Å². The molecule has 0 aliphatic rings. The third-order valence-corrected chi connectivity index (χ3v) is 6.58. The van der Waals surface area contributed by atoms with E-state index in [2.05, 4.69) is 20.9 Å². The van der Waals surface area contributed by atoms with Crippen LogP contribution in [0.5, 0.6) is 0 Å². The third kappa shape index (κ3) is 8.77. The number of carbonyl (C=O) groups is 5. The van der Waals surface area contributed by atoms with Gasteiger partial charge in [-0.2, -0.15) is 11.8 Å². The Labute approximate surface area is 224 Å². The van der Waals surface area contributed by atoms with Crippen LogP contribution in [0, 0.1) is 5.92 Å². The fourth-order valence-electron chi connectivity index (χ4n) is 3.84. The number of carboxylic acid groups (broad SMARTS) is 2. The first-order valence-corrected chi connectivity index (χ1v) is 13.5. The number of H-pyrrole nitrogens is 1. The van der Waals surface area contributed by atoms with Crippen LogP contribution in [0.15, 0.2) is 30.5 Å². The van der Waals surface area contributed by atoms with Gasteiger partial charge in [0, 0.05) is 17.1 Å². The topological polar surface area (TPSA) is 204 Å². The molecule has 0 fully saturated rings. The lowest BCUT2D eigenvalue weighted by Crippen LogP contribution is -2.58. The number of aromatic amines is 1. The monoisotopic (exact) mass is 549 g/mol. The number of para-hydroxylation sites is 1. The number of fused-ring (bicyclic) bond motifs is 1. The molecule has 0 aliphatic carbocycles. The zero-order valence-electron chi connectivity index (χ0n) is 21.5. The van der Waals surface area contributed by atoms with E-state index >= 15 is 0 Å². The van der Waals surface area contributed by atoms with Crippen molar-refractivity contribution in [2.45, 2.75) is 57.3 Å². The smallest absolute Gasteiger partial charge is 0.326 e. The van der Waals surface area contributed by atoms with Crippen LogP contribution in [0.3, 0.4) is 0 Å². The molecular formula is C25H35N5O7S. The Morgan fingerprint density at radius 2 is 1.61 bits per heavy atom. The molecule has 0 spiro atoms. The molecule has 1 heterocycles. The molecule has 1 aromatic carbocycles. The predicted octanol–water partition coefficient (Wildman–Crippen LogP) is 0.461. The molecule has 208 valence electrons. The van der Waals surface area contributed by atoms with Gasteiger partial charge in [-0.05, 0) is 42.4 Å². The Morgan fingerprint density at radius 1 is 0.974 bits per heavy atom. The Kier molecular flexibility index (Phi) is 11.6. The highest BCUT2D eigenvalue weighted by Crippen LogP contribution is 2.19. The maximum atomic E-state index is 13.0. The molecule has 4 unspecified atom stereocenters. The van der Waals surface area contributed by atoms with Gasteiger partial charge >= 0.3 is 11.9 Å². The number of thioether (sulfide) groups is 1. The predicted molar refractivity (Wildman–Crippen MR) is 143 cm³/mol. The van der Waals surface area contributed by atoms with Gasteiger partial charge in [-0.15, -0.1) is 0 Å². The van der Waals surface area contributed by atoms with Gasteiger partial charge in [-0.3, -0.25) is 19.2 Å². The number of carbonyl (C=O) groups excluding carboxylic acids is 3. The summed E-state index contributed by atoms with van der Waals surface area (Å²) < 4.78 is 0. The summed E-state index contributed by atoms with van der Waals surface area (Å²) in [5.41, 5.74) is 7.74. The van der Waals surface area contributed by atoms with Gasteiger partial charge in [-0.25, -0.2) is 4.79 Å². The molecule has 1 aromatic heterocycles. The number of hydrogen-bond acceptors (Lipinski definition) is 7. The van der Waals surface area contributed by atoms with E-state index < -0.39 is 66.2 Å². The number of hydrogen-bond donors (Lipinski definition) is 7. The first kappa shape index (κ1) is 30.6. The van der Waals surface area contributed by atoms with Crippen LogP contribution >= 0.6 is 11.8 Å². The first-order chi connectivity index (χ1) is 17.9. The number of aliphatic carboxylic acids is 2. The van der Waals surface area contributed by atoms with Gasteiger partial charge in [-0.1, -0.05) is 32.0 Å². The molecule has 2 rings (SSSR count). The number of amides is 3. The van der Waals surface area contributed by atoms with Crippen LogP contribution in [0.25, 0.3) is 10.9 Å². The molecule has 0 saturated carbocycles. The lowest BCUT2D eigenvalue weighted by Gasteiger charge is -2.25. The summed E-state index contributed by atoms with van der Waals surface area (Å²) in [7, 11) is 0. The quantitative estimate of drug-likeness (QED) is 0.165. The van der Waals surface area contributed by atoms with Crippen LogP contribution in [0.4, 0.5) is 0 Å². The maximum Gasteiger partial charge on any atom is 0.326 e. The lowest BCUT2D eigenvalue weighted by atomic mass is 10.0. The first-order valence-electron chi connectivity index (χ1n) is 12.1. The van der Waals surface area contributed by atoms with Gasteiger partial charge in [0.2, 0.25) is 17.7 Å². The molecule has 38 heavy (non-hydrogen) atoms. The molecule has 4 atom stereocenters. The summed E-state index contributed by atoms with van der Waals surface area (Å²) in [6.45, 7) is 3.26. The standard InChI is InChI=1S/C25H35N5O7S/c1-13(2)21(25(36)37)30-23(34)18(8-9-38-3)28-24(35)19(11-20(31)32)29-22(33)16(26)10-14-12-27-17-7-5-4-6-15(14)17/h4-7,12-13,16,18-19,21,27H,8-11,26H2,1-3H3,(H,28,35)(H,29,33)(H,30,34)(H,31,32)(H,36,37). The van der Waals surface area contributed by atoms with Crippen molar-refractivity contribution in [3.8, 4) is 0 Å². The molecule has 12 nitrogen and oxygen atoms in total. The zero-order valence-corrected chi connectivity index (χ0v) is 22.3. The van der Waals surface area contributed by atoms with Crippen LogP contribution in [-0.2, 0) is 30.4 Å². The molecule has 13 heteroatoms. The Balaban J connectivity index is 2.13. The van der Waals surface area contributed by atoms with Crippen molar-refractivity contribution in [1.29, 1.82) is 0 Å². The van der Waals surface area contributed by atoms with Crippen molar-refractivity contribution in [1.82, 2.24) is 20.9 Å². The number of nitrogens with one attached hydrogen (secondary N) is 4. The Morgan fingerprint density at radius 3 is 2.21 bits per heavy atom. The minimum absolute atomic E-state index is 0.141. The number of nitrogens with two attached hydrogens (primary N) is 1. The van der Waals surface area contributed by atoms with Crippen LogP contribution in [0.1, 0.15) is 32.3 Å². The van der Waals surface area contributed by atoms with E-state index in [9.17, 15) is 34.2 Å². The van der Waals surface area contributed by atoms with E-state index in [0.29, 0.717) is 5.75 Å². The van der Waals surface area contributed by atoms with E-state index in [1.54, 1.807) is 26.3 Å². The second-order valence-electron chi connectivity index (χ2n) is 9.24. The highest BCUT2D eigenvalue weighted by molar-refractivity contribution is 7.98. The van der Waals surface area contributed by atoms with Gasteiger partial charge in [0.05, 0.1) is 12.5 Å². The normalized spacial score (nSPS) is 14.3. The van der Waals surface area contributed by atoms with E-state index in [4.69, 9.17) is 5.73 Å². The van der Waals surface area contributed by atoms with Gasteiger partial charge in [0.15, 0.2) is 0 Å². The zero-order chi connectivity index (χ0) is 28.4. The molecular weight excluding hydrogens is 514 g/mol. The Bertz CT molecular complexity index is 1150. The lowest BCUT2D eigenvalue weighted by molar-refractivity contribution is -0.144. The molecule has 0 saturated heterocycles. The van der Waals surface area contributed by atoms with Crippen LogP contribution < -0.4 is 21.7 Å². The largest absolute Gasteiger partial charge is 0.481 e. The molecule has 0 radical (unpaired) electrons. The average molecular weight is 550 g/mol. The van der Waals surface area contributed by atoms with Crippen LogP contribution in [0.2, 0.25) is 0 Å². The second kappa shape index (κ2) is 14.4. The number of carboxylic acids is 2. The SMILES string of the molecule is CSCCC(NC(=O)C(CC(=O)O)NC(=O)C(N)Cc1c[nH]c2ccccc12)C(=O)NC(C(=O)O)C(C)C. The molecule has 3 amide bonds. The summed E-state index contributed by atoms with van der Waals surface area (Å²) in [5.74, 6) is -4.85. The average Bonchev–Trinajstić information content (AvgIpc) is 3.26. The highest BCUT2D eigenvalue weighted by atomic mass is 32.2. The number of aromatic nitrogens is 1. The molecule has 0 bridgehead atoms. The van der Waals surface area contributed by atoms with E-state index in [-0.39, 0.29) is 12.8 Å². The summed E-state index contributed by atoms with van der Waals surface area (Å²) in [4.78, 5) is 64.7. The summed E-state index contributed by atoms with van der Waals surface area (Å²) in [5, 5.41) is 26.9. The second-order valence-corrected chi connectivity index (χ2v) is 10.2. The molecule has 0 aliphatic heterocycles. The van der Waals surface area contributed by atoms with Crippen LogP contribution in [-0.4, -0.2) is 81.0 Å². The molecule has 2 aromatic rings. The minimum Gasteiger partial charge on any atom is -0.481 e. The number of benzene rings is 1. The fourth-order valence-corrected chi connectivity index (χ4v) is 4.31. The number of rotatable bonds is 15. The minimum atomic E-state index is -1.50. The summed E-state index contributed by atoms with van der Waals surface area (Å²) in [6, 6.07) is 2.58. The van der Waals surface area contributed by atoms with Gasteiger partial charge in [0.25, 0.3) is 0 Å². The van der Waals surface area contributed by atoms with Gasteiger partial charge < -0.3 is 36.9 Å². The fraction of sp³-hybridized carbons (Fsp3) is 0.480. The van der Waals surface area contributed by atoms with Crippen molar-refractivity contribution in [2.24, 2.45) is 11.7 Å². The Hall–Kier alpha value is -3.58.